The first-order valence-corrected chi connectivity index (χ1v) is 6.67. The van der Waals surface area contributed by atoms with Crippen LogP contribution in [-0.2, 0) is 16.4 Å². The van der Waals surface area contributed by atoms with E-state index in [-0.39, 0.29) is 11.0 Å². The summed E-state index contributed by atoms with van der Waals surface area (Å²) in [4.78, 5) is 0. The molecule has 5 nitrogen and oxygen atoms in total. The van der Waals surface area contributed by atoms with Gasteiger partial charge < -0.3 is 5.73 Å². The lowest BCUT2D eigenvalue weighted by atomic mass is 10.3. The summed E-state index contributed by atoms with van der Waals surface area (Å²) in [6.07, 6.45) is 3.90. The molecule has 0 amide bonds. The van der Waals surface area contributed by atoms with E-state index in [1.54, 1.807) is 30.1 Å². The molecule has 0 aliphatic carbocycles. The van der Waals surface area contributed by atoms with Crippen LogP contribution in [-0.4, -0.2) is 35.7 Å². The Hall–Kier alpha value is -0.880. The van der Waals surface area contributed by atoms with Gasteiger partial charge in [-0.1, -0.05) is 0 Å². The monoisotopic (exact) mass is 231 g/mol. The molecule has 1 unspecified atom stereocenters. The maximum atomic E-state index is 11.7. The predicted molar refractivity (Wildman–Crippen MR) is 59.1 cm³/mol. The predicted octanol–water partition coefficient (Wildman–Crippen LogP) is 0.0352. The fourth-order valence-electron chi connectivity index (χ4n) is 1.27. The molecule has 1 aromatic heterocycles. The van der Waals surface area contributed by atoms with Gasteiger partial charge in [-0.15, -0.1) is 0 Å². The van der Waals surface area contributed by atoms with Gasteiger partial charge in [0.1, 0.15) is 0 Å². The van der Waals surface area contributed by atoms with Gasteiger partial charge in [0.2, 0.25) is 0 Å². The molecule has 0 aromatic carbocycles. The van der Waals surface area contributed by atoms with Gasteiger partial charge in [0.25, 0.3) is 0 Å². The molecule has 6 heteroatoms. The number of aromatic nitrogens is 2. The van der Waals surface area contributed by atoms with E-state index in [0.717, 1.165) is 0 Å². The SMILES string of the molecule is CC(CCN)S(=O)(=O)CCn1cccn1. The number of nitrogens with zero attached hydrogens (tertiary/aromatic N) is 2. The van der Waals surface area contributed by atoms with E-state index in [9.17, 15) is 8.42 Å². The van der Waals surface area contributed by atoms with Crippen molar-refractivity contribution < 1.29 is 8.42 Å². The topological polar surface area (TPSA) is 78.0 Å². The number of hydrogen-bond acceptors (Lipinski definition) is 4. The second kappa shape index (κ2) is 5.27. The Balaban J connectivity index is 2.50. The first kappa shape index (κ1) is 12.2. The number of sulfone groups is 1. The lowest BCUT2D eigenvalue weighted by molar-refractivity contribution is 0.564. The van der Waals surface area contributed by atoms with Crippen LogP contribution in [0.3, 0.4) is 0 Å². The highest BCUT2D eigenvalue weighted by molar-refractivity contribution is 7.91. The van der Waals surface area contributed by atoms with Gasteiger partial charge in [-0.3, -0.25) is 4.68 Å². The molecule has 2 N–H and O–H groups in total. The van der Waals surface area contributed by atoms with Crippen LogP contribution in [0, 0.1) is 0 Å². The minimum absolute atomic E-state index is 0.121. The Morgan fingerprint density at radius 3 is 2.80 bits per heavy atom. The molecule has 0 bridgehead atoms. The van der Waals surface area contributed by atoms with E-state index in [2.05, 4.69) is 5.10 Å². The van der Waals surface area contributed by atoms with E-state index in [1.807, 2.05) is 0 Å². The normalized spacial score (nSPS) is 14.0. The second-order valence-electron chi connectivity index (χ2n) is 3.52. The fourth-order valence-corrected chi connectivity index (χ4v) is 2.61. The van der Waals surface area contributed by atoms with Crippen molar-refractivity contribution in [3.63, 3.8) is 0 Å². The first-order valence-electron chi connectivity index (χ1n) is 4.95. The van der Waals surface area contributed by atoms with E-state index >= 15 is 0 Å². The molecular weight excluding hydrogens is 214 g/mol. The lowest BCUT2D eigenvalue weighted by Gasteiger charge is -2.11. The molecule has 1 aromatic rings. The largest absolute Gasteiger partial charge is 0.330 e. The maximum absolute atomic E-state index is 11.7. The molecular formula is C9H17N3O2S. The van der Waals surface area contributed by atoms with Crippen molar-refractivity contribution in [2.24, 2.45) is 5.73 Å². The van der Waals surface area contributed by atoms with Crippen molar-refractivity contribution in [3.05, 3.63) is 18.5 Å². The van der Waals surface area contributed by atoms with Crippen molar-refractivity contribution in [1.82, 2.24) is 9.78 Å². The zero-order valence-corrected chi connectivity index (χ0v) is 9.65. The molecule has 0 saturated carbocycles. The highest BCUT2D eigenvalue weighted by atomic mass is 32.2. The van der Waals surface area contributed by atoms with Crippen LogP contribution in [0.4, 0.5) is 0 Å². The minimum atomic E-state index is -3.04. The molecule has 1 heterocycles. The average Bonchev–Trinajstić information content (AvgIpc) is 2.68. The molecule has 0 fully saturated rings. The Labute approximate surface area is 90.2 Å². The number of hydrogen-bond donors (Lipinski definition) is 1. The van der Waals surface area contributed by atoms with Crippen LogP contribution >= 0.6 is 0 Å². The summed E-state index contributed by atoms with van der Waals surface area (Å²) in [5, 5.41) is 3.59. The van der Waals surface area contributed by atoms with E-state index in [1.165, 1.54) is 0 Å². The highest BCUT2D eigenvalue weighted by Gasteiger charge is 2.19. The summed E-state index contributed by atoms with van der Waals surface area (Å²) in [7, 11) is -3.04. The Bertz CT molecular complexity index is 372. The lowest BCUT2D eigenvalue weighted by Crippen LogP contribution is -2.26. The van der Waals surface area contributed by atoms with Gasteiger partial charge in [-0.2, -0.15) is 5.10 Å². The fraction of sp³-hybridized carbons (Fsp3) is 0.667. The van der Waals surface area contributed by atoms with Gasteiger partial charge in [-0.05, 0) is 26.0 Å². The quantitative estimate of drug-likeness (QED) is 0.749. The van der Waals surface area contributed by atoms with Gasteiger partial charge >= 0.3 is 0 Å². The first-order chi connectivity index (χ1) is 7.06. The highest BCUT2D eigenvalue weighted by Crippen LogP contribution is 2.06. The Morgan fingerprint density at radius 2 is 2.27 bits per heavy atom. The number of rotatable bonds is 6. The smallest absolute Gasteiger partial charge is 0.154 e. The van der Waals surface area contributed by atoms with Crippen molar-refractivity contribution in [3.8, 4) is 0 Å². The molecule has 0 saturated heterocycles. The zero-order chi connectivity index (χ0) is 11.3. The molecule has 0 spiro atoms. The number of aryl methyl sites for hydroxylation is 1. The van der Waals surface area contributed by atoms with Crippen molar-refractivity contribution in [1.29, 1.82) is 0 Å². The van der Waals surface area contributed by atoms with Crippen LogP contribution in [0.15, 0.2) is 18.5 Å². The van der Waals surface area contributed by atoms with Crippen molar-refractivity contribution in [2.75, 3.05) is 12.3 Å². The third-order valence-electron chi connectivity index (χ3n) is 2.35. The van der Waals surface area contributed by atoms with E-state index in [0.29, 0.717) is 19.5 Å². The number of nitrogens with two attached hydrogens (primary N) is 1. The molecule has 0 radical (unpaired) electrons. The van der Waals surface area contributed by atoms with Crippen molar-refractivity contribution in [2.45, 2.75) is 25.1 Å². The van der Waals surface area contributed by atoms with Crippen LogP contribution in [0.5, 0.6) is 0 Å². The van der Waals surface area contributed by atoms with Gasteiger partial charge in [0, 0.05) is 12.4 Å². The van der Waals surface area contributed by atoms with Crippen LogP contribution < -0.4 is 5.73 Å². The Morgan fingerprint density at radius 1 is 1.53 bits per heavy atom. The Kier molecular flexibility index (Phi) is 4.28. The minimum Gasteiger partial charge on any atom is -0.330 e. The molecule has 86 valence electrons. The zero-order valence-electron chi connectivity index (χ0n) is 8.83. The molecule has 1 atom stereocenters. The second-order valence-corrected chi connectivity index (χ2v) is 6.06. The summed E-state index contributed by atoms with van der Waals surface area (Å²) >= 11 is 0. The summed E-state index contributed by atoms with van der Waals surface area (Å²) in [5.74, 6) is 0.121. The van der Waals surface area contributed by atoms with Gasteiger partial charge in [-0.25, -0.2) is 8.42 Å². The summed E-state index contributed by atoms with van der Waals surface area (Å²) in [6.45, 7) is 2.51. The average molecular weight is 231 g/mol. The van der Waals surface area contributed by atoms with Crippen LogP contribution in [0.25, 0.3) is 0 Å². The van der Waals surface area contributed by atoms with Gasteiger partial charge in [0.15, 0.2) is 9.84 Å². The molecule has 1 rings (SSSR count). The molecule has 15 heavy (non-hydrogen) atoms. The third kappa shape index (κ3) is 3.64. The van der Waals surface area contributed by atoms with Crippen molar-refractivity contribution >= 4 is 9.84 Å². The third-order valence-corrected chi connectivity index (χ3v) is 4.56. The summed E-state index contributed by atoms with van der Waals surface area (Å²) in [5.41, 5.74) is 5.33. The molecule has 0 aliphatic heterocycles. The van der Waals surface area contributed by atoms with E-state index < -0.39 is 9.84 Å². The summed E-state index contributed by atoms with van der Waals surface area (Å²) in [6, 6.07) is 1.77. The van der Waals surface area contributed by atoms with Crippen LogP contribution in [0.2, 0.25) is 0 Å². The standard InChI is InChI=1S/C9H17N3O2S/c1-9(3-4-10)15(13,14)8-7-12-6-2-5-11-12/h2,5-6,9H,3-4,7-8,10H2,1H3. The van der Waals surface area contributed by atoms with Gasteiger partial charge in [0.05, 0.1) is 17.5 Å². The van der Waals surface area contributed by atoms with Crippen LogP contribution in [0.1, 0.15) is 13.3 Å². The summed E-state index contributed by atoms with van der Waals surface area (Å²) < 4.78 is 25.1. The maximum Gasteiger partial charge on any atom is 0.154 e. The molecule has 0 aliphatic rings. The van der Waals surface area contributed by atoms with E-state index in [4.69, 9.17) is 5.73 Å².